The number of allylic oxidation sites excluding steroid dienone is 2. The zero-order chi connectivity index (χ0) is 27.8. The van der Waals surface area contributed by atoms with Gasteiger partial charge >= 0.3 is 5.97 Å². The summed E-state index contributed by atoms with van der Waals surface area (Å²) in [7, 11) is 0. The van der Waals surface area contributed by atoms with Crippen LogP contribution < -0.4 is 0 Å². The summed E-state index contributed by atoms with van der Waals surface area (Å²) in [5, 5.41) is 0. The molecule has 1 unspecified atom stereocenters. The Morgan fingerprint density at radius 2 is 0.816 bits per heavy atom. The molecule has 0 saturated carbocycles. The molecule has 226 valence electrons. The molecule has 0 fully saturated rings. The van der Waals surface area contributed by atoms with Crippen LogP contribution >= 0.6 is 0 Å². The summed E-state index contributed by atoms with van der Waals surface area (Å²) in [5.41, 5.74) is 0. The van der Waals surface area contributed by atoms with Crippen LogP contribution in [0, 0.1) is 0 Å². The Labute approximate surface area is 240 Å². The van der Waals surface area contributed by atoms with Gasteiger partial charge < -0.3 is 4.74 Å². The third kappa shape index (κ3) is 29.8. The van der Waals surface area contributed by atoms with Gasteiger partial charge in [0, 0.05) is 6.42 Å². The van der Waals surface area contributed by atoms with Crippen LogP contribution in [0.4, 0.5) is 0 Å². The highest BCUT2D eigenvalue weighted by Crippen LogP contribution is 2.18. The maximum atomic E-state index is 12.5. The van der Waals surface area contributed by atoms with Crippen molar-refractivity contribution < 1.29 is 9.53 Å². The molecule has 0 aliphatic rings. The molecule has 0 radical (unpaired) electrons. The van der Waals surface area contributed by atoms with Crippen molar-refractivity contribution in [3.8, 4) is 0 Å². The fourth-order valence-electron chi connectivity index (χ4n) is 5.33. The van der Waals surface area contributed by atoms with Gasteiger partial charge in [-0.3, -0.25) is 4.79 Å². The lowest BCUT2D eigenvalue weighted by molar-refractivity contribution is -0.150. The summed E-state index contributed by atoms with van der Waals surface area (Å²) in [6, 6.07) is 0. The van der Waals surface area contributed by atoms with Gasteiger partial charge in [0.25, 0.3) is 0 Å². The highest BCUT2D eigenvalue weighted by atomic mass is 16.5. The smallest absolute Gasteiger partial charge is 0.306 e. The van der Waals surface area contributed by atoms with Gasteiger partial charge in [0.2, 0.25) is 0 Å². The molecule has 0 aromatic heterocycles. The monoisotopic (exact) mass is 535 g/mol. The van der Waals surface area contributed by atoms with E-state index in [1.54, 1.807) is 0 Å². The first-order valence-electron chi connectivity index (χ1n) is 17.6. The lowest BCUT2D eigenvalue weighted by atomic mass is 10.0. The molecule has 1 atom stereocenters. The van der Waals surface area contributed by atoms with Crippen LogP contribution in [-0.2, 0) is 9.53 Å². The Morgan fingerprint density at radius 1 is 0.474 bits per heavy atom. The highest BCUT2D eigenvalue weighted by molar-refractivity contribution is 5.69. The summed E-state index contributed by atoms with van der Waals surface area (Å²) in [4.78, 5) is 12.5. The van der Waals surface area contributed by atoms with E-state index in [2.05, 4.69) is 32.9 Å². The van der Waals surface area contributed by atoms with Crippen LogP contribution in [0.25, 0.3) is 0 Å². The number of hydrogen-bond acceptors (Lipinski definition) is 2. The van der Waals surface area contributed by atoms with Crippen LogP contribution in [0.5, 0.6) is 0 Å². The van der Waals surface area contributed by atoms with Crippen molar-refractivity contribution in [1.82, 2.24) is 0 Å². The molecule has 0 aliphatic carbocycles. The second-order valence-electron chi connectivity index (χ2n) is 11.9. The van der Waals surface area contributed by atoms with E-state index in [-0.39, 0.29) is 12.1 Å². The summed E-state index contributed by atoms with van der Waals surface area (Å²) in [6.07, 6.45) is 41.6. The zero-order valence-corrected chi connectivity index (χ0v) is 26.6. The number of esters is 1. The van der Waals surface area contributed by atoms with E-state index in [0.29, 0.717) is 6.42 Å². The molecule has 0 spiro atoms. The van der Waals surface area contributed by atoms with Gasteiger partial charge in [0.05, 0.1) is 0 Å². The van der Waals surface area contributed by atoms with Crippen molar-refractivity contribution in [2.24, 2.45) is 0 Å². The van der Waals surface area contributed by atoms with E-state index in [4.69, 9.17) is 4.74 Å². The van der Waals surface area contributed by atoms with Gasteiger partial charge in [0.1, 0.15) is 6.10 Å². The van der Waals surface area contributed by atoms with Crippen LogP contribution in [0.1, 0.15) is 207 Å². The van der Waals surface area contributed by atoms with Crippen molar-refractivity contribution in [2.45, 2.75) is 213 Å². The van der Waals surface area contributed by atoms with E-state index >= 15 is 0 Å². The van der Waals surface area contributed by atoms with Crippen LogP contribution in [0.15, 0.2) is 12.2 Å². The molecule has 2 heteroatoms. The number of ether oxygens (including phenoxy) is 1. The van der Waals surface area contributed by atoms with Gasteiger partial charge in [-0.15, -0.1) is 0 Å². The van der Waals surface area contributed by atoms with Gasteiger partial charge in [-0.05, 0) is 57.8 Å². The molecule has 0 heterocycles. The zero-order valence-electron chi connectivity index (χ0n) is 26.6. The number of unbranched alkanes of at least 4 members (excludes halogenated alkanes) is 22. The first-order valence-corrected chi connectivity index (χ1v) is 17.6. The summed E-state index contributed by atoms with van der Waals surface area (Å²) in [5.74, 6) is 0.0570. The van der Waals surface area contributed by atoms with Crippen molar-refractivity contribution in [1.29, 1.82) is 0 Å². The number of hydrogen-bond donors (Lipinski definition) is 0. The predicted octanol–water partition coefficient (Wildman–Crippen LogP) is 12.8. The summed E-state index contributed by atoms with van der Waals surface area (Å²) >= 11 is 0. The molecule has 0 aromatic carbocycles. The van der Waals surface area contributed by atoms with Crippen molar-refractivity contribution in [3.63, 3.8) is 0 Å². The van der Waals surface area contributed by atoms with Crippen molar-refractivity contribution in [3.05, 3.63) is 12.2 Å². The summed E-state index contributed by atoms with van der Waals surface area (Å²) < 4.78 is 5.99. The minimum Gasteiger partial charge on any atom is -0.462 e. The molecule has 0 rings (SSSR count). The van der Waals surface area contributed by atoms with E-state index in [9.17, 15) is 4.79 Å². The second-order valence-corrected chi connectivity index (χ2v) is 11.9. The fourth-order valence-corrected chi connectivity index (χ4v) is 5.33. The number of carbonyl (C=O) groups excluding carboxylic acids is 1. The van der Waals surface area contributed by atoms with E-state index in [1.165, 1.54) is 154 Å². The minimum absolute atomic E-state index is 0.0570. The first-order chi connectivity index (χ1) is 18.7. The lowest BCUT2D eigenvalue weighted by Gasteiger charge is -2.18. The Kier molecular flexibility index (Phi) is 31.7. The minimum atomic E-state index is 0.0570. The molecule has 0 bridgehead atoms. The third-order valence-electron chi connectivity index (χ3n) is 7.95. The average molecular weight is 535 g/mol. The van der Waals surface area contributed by atoms with Gasteiger partial charge in [-0.1, -0.05) is 155 Å². The van der Waals surface area contributed by atoms with Gasteiger partial charge in [0.15, 0.2) is 0 Å². The third-order valence-corrected chi connectivity index (χ3v) is 7.95. The second kappa shape index (κ2) is 32.4. The van der Waals surface area contributed by atoms with Gasteiger partial charge in [-0.25, -0.2) is 0 Å². The number of rotatable bonds is 31. The first kappa shape index (κ1) is 37.2. The standard InChI is InChI=1S/C36H70O2/c1-4-7-10-13-16-17-18-19-20-21-22-23-25-28-31-34-36(37)38-35(32-29-26-15-12-9-6-3)33-30-27-24-14-11-8-5-2/h19-20,35H,4-18,21-34H2,1-3H3. The average Bonchev–Trinajstić information content (AvgIpc) is 2.92. The molecule has 0 aliphatic heterocycles. The highest BCUT2D eigenvalue weighted by Gasteiger charge is 2.14. The topological polar surface area (TPSA) is 26.3 Å². The Bertz CT molecular complexity index is 484. The Balaban J connectivity index is 3.87. The molecular weight excluding hydrogens is 464 g/mol. The van der Waals surface area contributed by atoms with Crippen LogP contribution in [-0.4, -0.2) is 12.1 Å². The molecule has 0 aromatic rings. The van der Waals surface area contributed by atoms with E-state index in [0.717, 1.165) is 25.7 Å². The SMILES string of the molecule is CCCCCCCCC=CCCCCCCCC(=O)OC(CCCCCCCC)CCCCCCCCC. The molecule has 38 heavy (non-hydrogen) atoms. The Hall–Kier alpha value is -0.790. The maximum Gasteiger partial charge on any atom is 0.306 e. The van der Waals surface area contributed by atoms with Crippen molar-refractivity contribution >= 4 is 5.97 Å². The van der Waals surface area contributed by atoms with E-state index < -0.39 is 0 Å². The molecule has 0 N–H and O–H groups in total. The summed E-state index contributed by atoms with van der Waals surface area (Å²) in [6.45, 7) is 6.83. The van der Waals surface area contributed by atoms with E-state index in [1.807, 2.05) is 0 Å². The Morgan fingerprint density at radius 3 is 1.24 bits per heavy atom. The fraction of sp³-hybridized carbons (Fsp3) is 0.917. The molecular formula is C36H70O2. The quantitative estimate of drug-likeness (QED) is 0.0502. The van der Waals surface area contributed by atoms with Crippen LogP contribution in [0.2, 0.25) is 0 Å². The largest absolute Gasteiger partial charge is 0.462 e. The number of carbonyl (C=O) groups is 1. The maximum absolute atomic E-state index is 12.5. The molecule has 2 nitrogen and oxygen atoms in total. The van der Waals surface area contributed by atoms with Crippen LogP contribution in [0.3, 0.4) is 0 Å². The van der Waals surface area contributed by atoms with Crippen molar-refractivity contribution in [2.75, 3.05) is 0 Å². The van der Waals surface area contributed by atoms with Gasteiger partial charge in [-0.2, -0.15) is 0 Å². The molecule has 0 saturated heterocycles. The molecule has 0 amide bonds. The predicted molar refractivity (Wildman–Crippen MR) is 170 cm³/mol. The normalized spacial score (nSPS) is 12.4. The lowest BCUT2D eigenvalue weighted by Crippen LogP contribution is -2.18.